The van der Waals surface area contributed by atoms with Gasteiger partial charge in [-0.1, -0.05) is 12.1 Å². The number of H-pyrrole nitrogens is 1. The summed E-state index contributed by atoms with van der Waals surface area (Å²) in [4.78, 5) is 39.8. The highest BCUT2D eigenvalue weighted by Crippen LogP contribution is 2.35. The lowest BCUT2D eigenvalue weighted by Crippen LogP contribution is -2.38. The van der Waals surface area contributed by atoms with Gasteiger partial charge in [-0.15, -0.1) is 11.3 Å². The number of likely N-dealkylation sites (tertiary alicyclic amines) is 1. The number of benzene rings is 1. The molecule has 1 amide bonds. The molecule has 1 saturated heterocycles. The highest BCUT2D eigenvalue weighted by molar-refractivity contribution is 7.20. The fourth-order valence-corrected chi connectivity index (χ4v) is 5.31. The molecule has 164 valence electrons. The molecule has 4 aromatic rings. The summed E-state index contributed by atoms with van der Waals surface area (Å²) in [5.74, 6) is 0.758. The minimum atomic E-state index is -0.280. The molecule has 32 heavy (non-hydrogen) atoms. The summed E-state index contributed by atoms with van der Waals surface area (Å²) in [6, 6.07) is 6.00. The van der Waals surface area contributed by atoms with E-state index in [2.05, 4.69) is 15.0 Å². The summed E-state index contributed by atoms with van der Waals surface area (Å²) in [5.41, 5.74) is 1.33. The number of thiophene rings is 1. The lowest BCUT2D eigenvalue weighted by atomic mass is 10.0. The summed E-state index contributed by atoms with van der Waals surface area (Å²) in [6.45, 7) is 2.38. The molecule has 1 atom stereocenters. The van der Waals surface area contributed by atoms with Crippen LogP contribution in [0.4, 0.5) is 4.39 Å². The molecular formula is C23H21FN4O3S. The van der Waals surface area contributed by atoms with Gasteiger partial charge >= 0.3 is 0 Å². The van der Waals surface area contributed by atoms with Crippen LogP contribution in [0.15, 0.2) is 46.0 Å². The number of halogens is 1. The zero-order valence-electron chi connectivity index (χ0n) is 17.4. The molecule has 0 saturated carbocycles. The van der Waals surface area contributed by atoms with Crippen LogP contribution in [0.25, 0.3) is 10.2 Å². The van der Waals surface area contributed by atoms with Crippen LogP contribution in [0.5, 0.6) is 0 Å². The topological polar surface area (TPSA) is 92.1 Å². The molecule has 3 aromatic heterocycles. The van der Waals surface area contributed by atoms with Crippen molar-refractivity contribution >= 4 is 27.5 Å². The lowest BCUT2D eigenvalue weighted by Gasteiger charge is -2.33. The Morgan fingerprint density at radius 2 is 2.09 bits per heavy atom. The quantitative estimate of drug-likeness (QED) is 0.496. The van der Waals surface area contributed by atoms with Gasteiger partial charge < -0.3 is 14.3 Å². The number of carbonyl (C=O) groups excluding carboxylic acids is 1. The number of piperidine rings is 1. The van der Waals surface area contributed by atoms with Crippen LogP contribution in [0.3, 0.4) is 0 Å². The fraction of sp³-hybridized carbons (Fsp3) is 0.304. The number of carbonyl (C=O) groups is 1. The predicted molar refractivity (Wildman–Crippen MR) is 118 cm³/mol. The van der Waals surface area contributed by atoms with Gasteiger partial charge in [0, 0.05) is 13.0 Å². The third-order valence-electron chi connectivity index (χ3n) is 5.84. The average molecular weight is 453 g/mol. The zero-order chi connectivity index (χ0) is 22.2. The molecule has 1 N–H and O–H groups in total. The fourth-order valence-electron chi connectivity index (χ4n) is 4.21. The normalized spacial score (nSPS) is 16.6. The third kappa shape index (κ3) is 3.73. The van der Waals surface area contributed by atoms with E-state index in [1.165, 1.54) is 29.8 Å². The van der Waals surface area contributed by atoms with Gasteiger partial charge in [0.25, 0.3) is 11.5 Å². The van der Waals surface area contributed by atoms with Gasteiger partial charge in [0.2, 0.25) is 5.89 Å². The van der Waals surface area contributed by atoms with E-state index in [-0.39, 0.29) is 23.3 Å². The Morgan fingerprint density at radius 3 is 2.88 bits per heavy atom. The van der Waals surface area contributed by atoms with Crippen molar-refractivity contribution in [2.45, 2.75) is 38.6 Å². The maximum atomic E-state index is 13.5. The maximum Gasteiger partial charge on any atom is 0.264 e. The van der Waals surface area contributed by atoms with Crippen LogP contribution in [0.1, 0.15) is 57.8 Å². The Kier molecular flexibility index (Phi) is 5.34. The van der Waals surface area contributed by atoms with E-state index in [0.29, 0.717) is 45.3 Å². The monoisotopic (exact) mass is 452 g/mol. The number of nitrogens with one attached hydrogen (secondary N) is 1. The Morgan fingerprint density at radius 1 is 1.28 bits per heavy atom. The van der Waals surface area contributed by atoms with E-state index >= 15 is 0 Å². The molecule has 5 rings (SSSR count). The third-order valence-corrected chi connectivity index (χ3v) is 7.03. The highest BCUT2D eigenvalue weighted by Gasteiger charge is 2.34. The van der Waals surface area contributed by atoms with Crippen molar-refractivity contribution in [1.29, 1.82) is 0 Å². The standard InChI is InChI=1S/C23H21FN4O3S/c1-13-18-20(29)26-12-27-22(18)32-19(13)23(30)28-9-3-2-4-17(28)21-25-11-16(31-21)10-14-5-7-15(24)8-6-14/h5-8,11-12,17H,2-4,9-10H2,1H3,(H,26,27,29)/t17-/m1/s1. The molecule has 1 aromatic carbocycles. The second-order valence-corrected chi connectivity index (χ2v) is 8.95. The van der Waals surface area contributed by atoms with Gasteiger partial charge in [0.05, 0.1) is 22.8 Å². The molecule has 9 heteroatoms. The molecule has 1 fully saturated rings. The molecular weight excluding hydrogens is 431 g/mol. The molecule has 0 spiro atoms. The minimum absolute atomic E-state index is 0.132. The summed E-state index contributed by atoms with van der Waals surface area (Å²) in [7, 11) is 0. The number of hydrogen-bond donors (Lipinski definition) is 1. The van der Waals surface area contributed by atoms with Crippen LogP contribution < -0.4 is 5.56 Å². The predicted octanol–water partition coefficient (Wildman–Crippen LogP) is 4.38. The summed E-state index contributed by atoms with van der Waals surface area (Å²) in [5, 5.41) is 0.465. The van der Waals surface area contributed by atoms with Crippen LogP contribution in [0, 0.1) is 12.7 Å². The van der Waals surface area contributed by atoms with Gasteiger partial charge in [-0.3, -0.25) is 9.59 Å². The van der Waals surface area contributed by atoms with E-state index in [1.54, 1.807) is 30.2 Å². The second kappa shape index (κ2) is 8.31. The highest BCUT2D eigenvalue weighted by atomic mass is 32.1. The first-order chi connectivity index (χ1) is 15.5. The first-order valence-electron chi connectivity index (χ1n) is 10.5. The molecule has 7 nitrogen and oxygen atoms in total. The van der Waals surface area contributed by atoms with Crippen LogP contribution in [0.2, 0.25) is 0 Å². The van der Waals surface area contributed by atoms with E-state index < -0.39 is 0 Å². The number of hydrogen-bond acceptors (Lipinski definition) is 6. The van der Waals surface area contributed by atoms with Gasteiger partial charge in [-0.05, 0) is 49.4 Å². The average Bonchev–Trinajstić information content (AvgIpc) is 3.40. The number of fused-ring (bicyclic) bond motifs is 1. The van der Waals surface area contributed by atoms with Gasteiger partial charge in [-0.2, -0.15) is 0 Å². The number of aryl methyl sites for hydroxylation is 1. The van der Waals surface area contributed by atoms with Crippen molar-refractivity contribution in [2.24, 2.45) is 0 Å². The molecule has 0 radical (unpaired) electrons. The van der Waals surface area contributed by atoms with Gasteiger partial charge in [-0.25, -0.2) is 14.4 Å². The smallest absolute Gasteiger partial charge is 0.264 e. The summed E-state index contributed by atoms with van der Waals surface area (Å²) < 4.78 is 19.2. The SMILES string of the molecule is Cc1c(C(=O)N2CCCC[C@@H]2c2ncc(Cc3ccc(F)cc3)o2)sc2nc[nH]c(=O)c12. The van der Waals surface area contributed by atoms with E-state index in [4.69, 9.17) is 4.42 Å². The number of oxazole rings is 1. The molecule has 0 bridgehead atoms. The Balaban J connectivity index is 1.42. The van der Waals surface area contributed by atoms with Crippen LogP contribution >= 0.6 is 11.3 Å². The van der Waals surface area contributed by atoms with Crippen molar-refractivity contribution < 1.29 is 13.6 Å². The van der Waals surface area contributed by atoms with E-state index in [0.717, 1.165) is 24.8 Å². The first-order valence-corrected chi connectivity index (χ1v) is 11.3. The molecule has 4 heterocycles. The van der Waals surface area contributed by atoms with E-state index in [9.17, 15) is 14.0 Å². The molecule has 1 aliphatic rings. The minimum Gasteiger partial charge on any atom is -0.443 e. The maximum absolute atomic E-state index is 13.5. The van der Waals surface area contributed by atoms with Crippen molar-refractivity contribution in [3.05, 3.63) is 80.6 Å². The zero-order valence-corrected chi connectivity index (χ0v) is 18.2. The van der Waals surface area contributed by atoms with Crippen molar-refractivity contribution in [3.63, 3.8) is 0 Å². The number of nitrogens with zero attached hydrogens (tertiary/aromatic N) is 3. The van der Waals surface area contributed by atoms with Crippen molar-refractivity contribution in [3.8, 4) is 0 Å². The van der Waals surface area contributed by atoms with Gasteiger partial charge in [0.1, 0.15) is 22.4 Å². The number of aromatic amines is 1. The Bertz CT molecular complexity index is 1340. The summed E-state index contributed by atoms with van der Waals surface area (Å²) >= 11 is 1.24. The Hall–Kier alpha value is -3.33. The number of rotatable bonds is 4. The number of amides is 1. The van der Waals surface area contributed by atoms with Crippen LogP contribution in [-0.2, 0) is 6.42 Å². The van der Waals surface area contributed by atoms with Crippen molar-refractivity contribution in [2.75, 3.05) is 6.54 Å². The number of aromatic nitrogens is 3. The van der Waals surface area contributed by atoms with Crippen molar-refractivity contribution in [1.82, 2.24) is 19.9 Å². The van der Waals surface area contributed by atoms with E-state index in [1.807, 2.05) is 0 Å². The lowest BCUT2D eigenvalue weighted by molar-refractivity contribution is 0.0574. The molecule has 0 aliphatic carbocycles. The second-order valence-electron chi connectivity index (χ2n) is 7.95. The molecule has 1 aliphatic heterocycles. The van der Waals surface area contributed by atoms with Crippen LogP contribution in [-0.4, -0.2) is 32.3 Å². The summed E-state index contributed by atoms with van der Waals surface area (Å²) in [6.07, 6.45) is 6.14. The largest absolute Gasteiger partial charge is 0.443 e. The first kappa shape index (κ1) is 20.6. The Labute approximate surface area is 186 Å². The van der Waals surface area contributed by atoms with Gasteiger partial charge in [0.15, 0.2) is 0 Å². The molecule has 0 unspecified atom stereocenters.